The summed E-state index contributed by atoms with van der Waals surface area (Å²) in [6, 6.07) is 4.78. The molecule has 30 heavy (non-hydrogen) atoms. The predicted molar refractivity (Wildman–Crippen MR) is 104 cm³/mol. The number of benzene rings is 1. The van der Waals surface area contributed by atoms with E-state index < -0.39 is 10.0 Å². The molecule has 0 aliphatic carbocycles. The molecule has 160 valence electrons. The predicted octanol–water partition coefficient (Wildman–Crippen LogP) is 2.30. The molecule has 0 N–H and O–H groups in total. The zero-order valence-electron chi connectivity index (χ0n) is 16.9. The van der Waals surface area contributed by atoms with Gasteiger partial charge in [0.25, 0.3) is 0 Å². The van der Waals surface area contributed by atoms with Gasteiger partial charge in [-0.2, -0.15) is 9.29 Å². The van der Waals surface area contributed by atoms with E-state index in [0.717, 1.165) is 0 Å². The zero-order chi connectivity index (χ0) is 21.5. The lowest BCUT2D eigenvalue weighted by atomic mass is 10.1. The van der Waals surface area contributed by atoms with Crippen LogP contribution in [0.4, 0.5) is 4.39 Å². The first-order chi connectivity index (χ1) is 14.3. The number of halogens is 1. The number of sulfonamides is 1. The molecule has 3 aromatic rings. The van der Waals surface area contributed by atoms with Crippen LogP contribution in [0.2, 0.25) is 0 Å². The molecule has 0 spiro atoms. The molecule has 9 nitrogen and oxygen atoms in total. The molecular formula is C19H22FN5O4S. The van der Waals surface area contributed by atoms with Crippen LogP contribution in [0.15, 0.2) is 32.1 Å². The van der Waals surface area contributed by atoms with Crippen molar-refractivity contribution in [2.45, 2.75) is 32.2 Å². The number of rotatable bonds is 5. The fraction of sp³-hybridized carbons (Fsp3) is 0.421. The Hall–Kier alpha value is -2.63. The summed E-state index contributed by atoms with van der Waals surface area (Å²) in [5.74, 6) is 0.687. The van der Waals surface area contributed by atoms with Gasteiger partial charge in [0.2, 0.25) is 21.7 Å². The van der Waals surface area contributed by atoms with Crippen LogP contribution in [-0.4, -0.2) is 59.1 Å². The van der Waals surface area contributed by atoms with Gasteiger partial charge in [0.05, 0.1) is 6.54 Å². The van der Waals surface area contributed by atoms with E-state index in [0.29, 0.717) is 67.0 Å². The summed E-state index contributed by atoms with van der Waals surface area (Å²) >= 11 is 0. The maximum Gasteiger partial charge on any atom is 0.248 e. The molecule has 1 fully saturated rings. The van der Waals surface area contributed by atoms with Gasteiger partial charge >= 0.3 is 0 Å². The summed E-state index contributed by atoms with van der Waals surface area (Å²) < 4.78 is 51.3. The van der Waals surface area contributed by atoms with Gasteiger partial charge in [0, 0.05) is 31.7 Å². The van der Waals surface area contributed by atoms with E-state index in [2.05, 4.69) is 15.3 Å². The largest absolute Gasteiger partial charge is 0.360 e. The van der Waals surface area contributed by atoms with E-state index in [1.807, 2.05) is 4.90 Å². The Bertz CT molecular complexity index is 1150. The Balaban J connectivity index is 1.40. The lowest BCUT2D eigenvalue weighted by Crippen LogP contribution is -2.48. The molecule has 0 atom stereocenters. The van der Waals surface area contributed by atoms with E-state index in [1.54, 1.807) is 32.9 Å². The molecule has 2 aromatic heterocycles. The quantitative estimate of drug-likeness (QED) is 0.601. The van der Waals surface area contributed by atoms with E-state index in [9.17, 15) is 12.8 Å². The smallest absolute Gasteiger partial charge is 0.248 e. The molecular weight excluding hydrogens is 413 g/mol. The molecule has 0 amide bonds. The summed E-state index contributed by atoms with van der Waals surface area (Å²) in [6.07, 6.45) is 0. The van der Waals surface area contributed by atoms with Crippen molar-refractivity contribution in [2.75, 3.05) is 26.2 Å². The summed E-state index contributed by atoms with van der Waals surface area (Å²) in [5, 5.41) is 7.67. The average molecular weight is 435 g/mol. The minimum atomic E-state index is -3.65. The number of aryl methyl sites for hydroxylation is 3. The van der Waals surface area contributed by atoms with Crippen molar-refractivity contribution in [3.8, 4) is 11.4 Å². The standard InChI is InChI=1S/C19H22FN5O4S/c1-12-4-5-15(10-16(12)20)19-21-17(29-23-19)11-24-6-8-25(9-7-24)30(26,27)18-13(2)22-28-14(18)3/h4-5,10H,6-9,11H2,1-3H3. The molecule has 0 bridgehead atoms. The minimum Gasteiger partial charge on any atom is -0.360 e. The van der Waals surface area contributed by atoms with Gasteiger partial charge < -0.3 is 9.05 Å². The third-order valence-corrected chi connectivity index (χ3v) is 7.30. The second-order valence-corrected chi connectivity index (χ2v) is 9.18. The number of aromatic nitrogens is 3. The highest BCUT2D eigenvalue weighted by molar-refractivity contribution is 7.89. The van der Waals surface area contributed by atoms with Gasteiger partial charge in [-0.25, -0.2) is 12.8 Å². The van der Waals surface area contributed by atoms with Crippen molar-refractivity contribution in [1.82, 2.24) is 24.5 Å². The topological polar surface area (TPSA) is 106 Å². The lowest BCUT2D eigenvalue weighted by Gasteiger charge is -2.32. The maximum atomic E-state index is 13.8. The minimum absolute atomic E-state index is 0.142. The Morgan fingerprint density at radius 1 is 1.07 bits per heavy atom. The van der Waals surface area contributed by atoms with Crippen LogP contribution >= 0.6 is 0 Å². The van der Waals surface area contributed by atoms with Gasteiger partial charge in [-0.15, -0.1) is 0 Å². The average Bonchev–Trinajstić information content (AvgIpc) is 3.31. The van der Waals surface area contributed by atoms with E-state index in [1.165, 1.54) is 10.4 Å². The van der Waals surface area contributed by atoms with Crippen LogP contribution < -0.4 is 0 Å². The summed E-state index contributed by atoms with van der Waals surface area (Å²) in [6.45, 7) is 6.97. The SMILES string of the molecule is Cc1ccc(-c2noc(CN3CCN(S(=O)(=O)c4c(C)noc4C)CC3)n2)cc1F. The fourth-order valence-corrected chi connectivity index (χ4v) is 5.17. The Morgan fingerprint density at radius 2 is 1.80 bits per heavy atom. The highest BCUT2D eigenvalue weighted by Crippen LogP contribution is 2.25. The van der Waals surface area contributed by atoms with Gasteiger partial charge in [-0.1, -0.05) is 22.4 Å². The van der Waals surface area contributed by atoms with Crippen LogP contribution in [0.5, 0.6) is 0 Å². The Labute approximate surface area is 173 Å². The van der Waals surface area contributed by atoms with Crippen molar-refractivity contribution in [3.05, 3.63) is 46.9 Å². The van der Waals surface area contributed by atoms with Gasteiger partial charge in [0.15, 0.2) is 5.76 Å². The number of nitrogens with zero attached hydrogens (tertiary/aromatic N) is 5. The van der Waals surface area contributed by atoms with Gasteiger partial charge in [-0.05, 0) is 32.4 Å². The first-order valence-corrected chi connectivity index (χ1v) is 10.9. The highest BCUT2D eigenvalue weighted by Gasteiger charge is 2.33. The molecule has 1 aliphatic heterocycles. The van der Waals surface area contributed by atoms with Crippen molar-refractivity contribution in [2.24, 2.45) is 0 Å². The van der Waals surface area contributed by atoms with Crippen LogP contribution in [0.3, 0.4) is 0 Å². The molecule has 3 heterocycles. The fourth-order valence-electron chi connectivity index (χ4n) is 3.46. The molecule has 1 saturated heterocycles. The highest BCUT2D eigenvalue weighted by atomic mass is 32.2. The van der Waals surface area contributed by atoms with Gasteiger partial charge in [0.1, 0.15) is 16.4 Å². The first kappa shape index (κ1) is 20.6. The van der Waals surface area contributed by atoms with Crippen molar-refractivity contribution < 1.29 is 21.9 Å². The molecule has 1 aromatic carbocycles. The second kappa shape index (κ2) is 7.89. The molecule has 0 unspecified atom stereocenters. The second-order valence-electron chi connectivity index (χ2n) is 7.31. The number of hydrogen-bond acceptors (Lipinski definition) is 8. The van der Waals surface area contributed by atoms with E-state index >= 15 is 0 Å². The van der Waals surface area contributed by atoms with Crippen molar-refractivity contribution in [3.63, 3.8) is 0 Å². The summed E-state index contributed by atoms with van der Waals surface area (Å²) in [5.41, 5.74) is 1.45. The van der Waals surface area contributed by atoms with E-state index in [4.69, 9.17) is 9.05 Å². The van der Waals surface area contributed by atoms with Crippen LogP contribution in [-0.2, 0) is 16.6 Å². The lowest BCUT2D eigenvalue weighted by molar-refractivity contribution is 0.163. The first-order valence-electron chi connectivity index (χ1n) is 9.50. The third kappa shape index (κ3) is 3.87. The van der Waals surface area contributed by atoms with Crippen LogP contribution in [0, 0.1) is 26.6 Å². The Morgan fingerprint density at radius 3 is 2.43 bits per heavy atom. The molecule has 11 heteroatoms. The van der Waals surface area contributed by atoms with Gasteiger partial charge in [-0.3, -0.25) is 4.90 Å². The van der Waals surface area contributed by atoms with Crippen LogP contribution in [0.25, 0.3) is 11.4 Å². The zero-order valence-corrected chi connectivity index (χ0v) is 17.7. The Kier molecular flexibility index (Phi) is 5.43. The molecule has 1 aliphatic rings. The number of hydrogen-bond donors (Lipinski definition) is 0. The maximum absolute atomic E-state index is 13.8. The van der Waals surface area contributed by atoms with Crippen molar-refractivity contribution in [1.29, 1.82) is 0 Å². The third-order valence-electron chi connectivity index (χ3n) is 5.15. The summed E-state index contributed by atoms with van der Waals surface area (Å²) in [7, 11) is -3.65. The van der Waals surface area contributed by atoms with Crippen molar-refractivity contribution >= 4 is 10.0 Å². The molecule has 0 saturated carbocycles. The number of piperazine rings is 1. The van der Waals surface area contributed by atoms with E-state index in [-0.39, 0.29) is 10.7 Å². The molecule has 4 rings (SSSR count). The summed E-state index contributed by atoms with van der Waals surface area (Å²) in [4.78, 5) is 6.51. The normalized spacial score (nSPS) is 16.3. The monoisotopic (exact) mass is 435 g/mol. The van der Waals surface area contributed by atoms with Crippen LogP contribution in [0.1, 0.15) is 22.9 Å². The molecule has 0 radical (unpaired) electrons.